The first kappa shape index (κ1) is 10.6. The van der Waals surface area contributed by atoms with Gasteiger partial charge >= 0.3 is 0 Å². The first-order valence-electron chi connectivity index (χ1n) is 5.08. The van der Waals surface area contributed by atoms with Crippen molar-refractivity contribution in [3.8, 4) is 0 Å². The van der Waals surface area contributed by atoms with Crippen molar-refractivity contribution in [1.29, 1.82) is 0 Å². The van der Waals surface area contributed by atoms with Crippen molar-refractivity contribution in [2.75, 3.05) is 0 Å². The molecule has 0 spiro atoms. The van der Waals surface area contributed by atoms with E-state index in [9.17, 15) is 4.79 Å². The van der Waals surface area contributed by atoms with Crippen LogP contribution in [0.2, 0.25) is 0 Å². The second-order valence-electron chi connectivity index (χ2n) is 3.84. The maximum atomic E-state index is 10.8. The molecule has 0 fully saturated rings. The molecule has 2 aromatic heterocycles. The maximum absolute atomic E-state index is 10.8. The van der Waals surface area contributed by atoms with E-state index in [0.29, 0.717) is 12.2 Å². The lowest BCUT2D eigenvalue weighted by Gasteiger charge is -2.04. The van der Waals surface area contributed by atoms with Gasteiger partial charge < -0.3 is 4.57 Å². The molecule has 2 rings (SSSR count). The van der Waals surface area contributed by atoms with Crippen LogP contribution in [0.15, 0.2) is 12.5 Å². The zero-order valence-electron chi connectivity index (χ0n) is 9.64. The van der Waals surface area contributed by atoms with E-state index >= 15 is 0 Å². The molecule has 0 radical (unpaired) electrons. The second-order valence-corrected chi connectivity index (χ2v) is 3.84. The number of aryl methyl sites for hydroxylation is 2. The van der Waals surface area contributed by atoms with Crippen molar-refractivity contribution in [3.63, 3.8) is 0 Å². The van der Waals surface area contributed by atoms with Crippen LogP contribution >= 0.6 is 0 Å². The van der Waals surface area contributed by atoms with Gasteiger partial charge in [0.1, 0.15) is 5.69 Å². The molecule has 2 aromatic rings. The van der Waals surface area contributed by atoms with E-state index < -0.39 is 0 Å². The summed E-state index contributed by atoms with van der Waals surface area (Å²) >= 11 is 0. The molecular weight excluding hydrogens is 204 g/mol. The molecule has 0 aromatic carbocycles. The van der Waals surface area contributed by atoms with Gasteiger partial charge in [-0.25, -0.2) is 4.98 Å². The zero-order chi connectivity index (χ0) is 11.7. The van der Waals surface area contributed by atoms with Crippen molar-refractivity contribution in [2.24, 2.45) is 7.05 Å². The Morgan fingerprint density at radius 1 is 1.44 bits per heavy atom. The van der Waals surface area contributed by atoms with Crippen LogP contribution < -0.4 is 0 Å². The predicted molar refractivity (Wildman–Crippen MR) is 59.4 cm³/mol. The van der Waals surface area contributed by atoms with E-state index in [1.54, 1.807) is 12.5 Å². The number of aromatic nitrogens is 4. The molecule has 0 saturated heterocycles. The third kappa shape index (κ3) is 1.64. The first-order valence-corrected chi connectivity index (χ1v) is 5.08. The van der Waals surface area contributed by atoms with E-state index in [1.165, 1.54) is 0 Å². The van der Waals surface area contributed by atoms with Crippen molar-refractivity contribution in [2.45, 2.75) is 20.4 Å². The smallest absolute Gasteiger partial charge is 0.168 e. The van der Waals surface area contributed by atoms with Crippen molar-refractivity contribution in [1.82, 2.24) is 19.3 Å². The van der Waals surface area contributed by atoms with Gasteiger partial charge in [-0.3, -0.25) is 9.48 Å². The fraction of sp³-hybridized carbons (Fsp3) is 0.364. The fourth-order valence-electron chi connectivity index (χ4n) is 1.78. The molecule has 0 saturated carbocycles. The quantitative estimate of drug-likeness (QED) is 0.725. The number of carbonyl (C=O) groups is 1. The maximum Gasteiger partial charge on any atom is 0.168 e. The van der Waals surface area contributed by atoms with Gasteiger partial charge in [-0.15, -0.1) is 0 Å². The third-order valence-electron chi connectivity index (χ3n) is 2.85. The minimum atomic E-state index is 0.586. The number of hydrogen-bond donors (Lipinski definition) is 0. The average Bonchev–Trinajstić information content (AvgIpc) is 2.79. The van der Waals surface area contributed by atoms with Crippen LogP contribution in [0, 0.1) is 13.8 Å². The molecule has 2 heterocycles. The molecule has 0 N–H and O–H groups in total. The van der Waals surface area contributed by atoms with Gasteiger partial charge in [0, 0.05) is 18.3 Å². The van der Waals surface area contributed by atoms with Gasteiger partial charge in [0.05, 0.1) is 24.8 Å². The summed E-state index contributed by atoms with van der Waals surface area (Å²) in [6.45, 7) is 4.63. The molecule has 5 heteroatoms. The Kier molecular flexibility index (Phi) is 2.60. The Labute approximate surface area is 93.7 Å². The summed E-state index contributed by atoms with van der Waals surface area (Å²) in [6.07, 6.45) is 4.04. The lowest BCUT2D eigenvalue weighted by molar-refractivity contribution is 0.111. The van der Waals surface area contributed by atoms with Gasteiger partial charge in [-0.05, 0) is 13.8 Å². The minimum absolute atomic E-state index is 0.586. The second kappa shape index (κ2) is 3.92. The van der Waals surface area contributed by atoms with Gasteiger partial charge in [0.2, 0.25) is 0 Å². The number of hydrogen-bond acceptors (Lipinski definition) is 3. The predicted octanol–water partition coefficient (Wildman–Crippen LogP) is 1.09. The van der Waals surface area contributed by atoms with E-state index in [-0.39, 0.29) is 0 Å². The lowest BCUT2D eigenvalue weighted by Crippen LogP contribution is -2.04. The standard InChI is InChI=1S/C11H14N4O/c1-8-11(9(2)14(3)13-8)5-15-7-12-4-10(15)6-16/h4,6-7H,5H2,1-3H3. The van der Waals surface area contributed by atoms with Crippen molar-refractivity contribution in [3.05, 3.63) is 35.2 Å². The molecule has 0 unspecified atom stereocenters. The Morgan fingerprint density at radius 3 is 2.75 bits per heavy atom. The van der Waals surface area contributed by atoms with E-state index in [2.05, 4.69) is 10.1 Å². The monoisotopic (exact) mass is 218 g/mol. The van der Waals surface area contributed by atoms with E-state index in [4.69, 9.17) is 0 Å². The Hall–Kier alpha value is -1.91. The Morgan fingerprint density at radius 2 is 2.19 bits per heavy atom. The summed E-state index contributed by atoms with van der Waals surface area (Å²) in [5.41, 5.74) is 3.83. The lowest BCUT2D eigenvalue weighted by atomic mass is 10.2. The Balaban J connectivity index is 2.37. The molecular formula is C11H14N4O. The molecule has 0 aliphatic rings. The van der Waals surface area contributed by atoms with Crippen LogP contribution in [0.5, 0.6) is 0 Å². The van der Waals surface area contributed by atoms with Gasteiger partial charge in [0.25, 0.3) is 0 Å². The van der Waals surface area contributed by atoms with Gasteiger partial charge in [-0.2, -0.15) is 5.10 Å². The van der Waals surface area contributed by atoms with Crippen LogP contribution in [0.1, 0.15) is 27.4 Å². The summed E-state index contributed by atoms with van der Waals surface area (Å²) in [6, 6.07) is 0. The highest BCUT2D eigenvalue weighted by Crippen LogP contribution is 2.14. The normalized spacial score (nSPS) is 10.7. The van der Waals surface area contributed by atoms with Gasteiger partial charge in [-0.1, -0.05) is 0 Å². The topological polar surface area (TPSA) is 52.7 Å². The third-order valence-corrected chi connectivity index (χ3v) is 2.85. The van der Waals surface area contributed by atoms with Crippen molar-refractivity contribution >= 4 is 6.29 Å². The number of nitrogens with zero attached hydrogens (tertiary/aromatic N) is 4. The molecule has 5 nitrogen and oxygen atoms in total. The summed E-state index contributed by atoms with van der Waals surface area (Å²) in [4.78, 5) is 14.7. The highest BCUT2D eigenvalue weighted by molar-refractivity contribution is 5.71. The van der Waals surface area contributed by atoms with Crippen molar-refractivity contribution < 1.29 is 4.79 Å². The van der Waals surface area contributed by atoms with Crippen LogP contribution in [-0.2, 0) is 13.6 Å². The van der Waals surface area contributed by atoms with Crippen LogP contribution in [0.25, 0.3) is 0 Å². The molecule has 84 valence electrons. The summed E-state index contributed by atoms with van der Waals surface area (Å²) in [7, 11) is 1.92. The van der Waals surface area contributed by atoms with Crippen LogP contribution in [0.3, 0.4) is 0 Å². The summed E-state index contributed by atoms with van der Waals surface area (Å²) < 4.78 is 3.67. The highest BCUT2D eigenvalue weighted by atomic mass is 16.1. The molecule has 16 heavy (non-hydrogen) atoms. The molecule has 0 aliphatic carbocycles. The molecule has 0 amide bonds. The highest BCUT2D eigenvalue weighted by Gasteiger charge is 2.11. The van der Waals surface area contributed by atoms with Crippen LogP contribution in [0.4, 0.5) is 0 Å². The largest absolute Gasteiger partial charge is 0.324 e. The van der Waals surface area contributed by atoms with E-state index in [1.807, 2.05) is 30.1 Å². The Bertz CT molecular complexity index is 524. The molecule has 0 aliphatic heterocycles. The first-order chi connectivity index (χ1) is 7.63. The zero-order valence-corrected chi connectivity index (χ0v) is 9.64. The number of aldehydes is 1. The number of rotatable bonds is 3. The summed E-state index contributed by atoms with van der Waals surface area (Å²) in [5, 5.41) is 4.34. The number of carbonyl (C=O) groups excluding carboxylic acids is 1. The SMILES string of the molecule is Cc1nn(C)c(C)c1Cn1cncc1C=O. The summed E-state index contributed by atoms with van der Waals surface area (Å²) in [5.74, 6) is 0. The average molecular weight is 218 g/mol. The minimum Gasteiger partial charge on any atom is -0.324 e. The number of imidazole rings is 1. The van der Waals surface area contributed by atoms with E-state index in [0.717, 1.165) is 23.2 Å². The van der Waals surface area contributed by atoms with Gasteiger partial charge in [0.15, 0.2) is 6.29 Å². The molecule has 0 atom stereocenters. The fourth-order valence-corrected chi connectivity index (χ4v) is 1.78. The van der Waals surface area contributed by atoms with Crippen LogP contribution in [-0.4, -0.2) is 25.6 Å². The molecule has 0 bridgehead atoms.